The van der Waals surface area contributed by atoms with Crippen LogP contribution in [0.4, 0.5) is 5.82 Å². The monoisotopic (exact) mass is 346 g/mol. The van der Waals surface area contributed by atoms with Gasteiger partial charge in [0.1, 0.15) is 17.0 Å². The summed E-state index contributed by atoms with van der Waals surface area (Å²) in [5.41, 5.74) is 1.44. The van der Waals surface area contributed by atoms with Crippen molar-refractivity contribution in [1.29, 1.82) is 0 Å². The smallest absolute Gasteiger partial charge is 0.141 e. The number of hydrogen-bond acceptors (Lipinski definition) is 5. The predicted octanol–water partition coefficient (Wildman–Crippen LogP) is 2.96. The lowest BCUT2D eigenvalue weighted by molar-refractivity contribution is 0.577. The lowest BCUT2D eigenvalue weighted by atomic mass is 10.1. The van der Waals surface area contributed by atoms with Gasteiger partial charge in [-0.15, -0.1) is 36.2 Å². The van der Waals surface area contributed by atoms with Crippen molar-refractivity contribution >= 4 is 52.2 Å². The number of fused-ring (bicyclic) bond motifs is 3. The number of nitrogens with one attached hydrogen (secondary N) is 1. The molecule has 0 unspecified atom stereocenters. The van der Waals surface area contributed by atoms with Crippen LogP contribution < -0.4 is 10.2 Å². The molecule has 2 saturated heterocycles. The molecule has 4 nitrogen and oxygen atoms in total. The van der Waals surface area contributed by atoms with E-state index < -0.39 is 0 Å². The van der Waals surface area contributed by atoms with Gasteiger partial charge in [0, 0.05) is 30.1 Å². The van der Waals surface area contributed by atoms with E-state index >= 15 is 0 Å². The van der Waals surface area contributed by atoms with E-state index in [1.54, 1.807) is 17.7 Å². The van der Waals surface area contributed by atoms with E-state index in [0.717, 1.165) is 24.3 Å². The fraction of sp³-hybridized carbons (Fsp3) is 0.571. The average molecular weight is 347 g/mol. The molecule has 21 heavy (non-hydrogen) atoms. The highest BCUT2D eigenvalue weighted by Gasteiger charge is 2.39. The highest BCUT2D eigenvalue weighted by molar-refractivity contribution is 7.18. The Balaban J connectivity index is 0.000000807. The molecule has 116 valence electrons. The van der Waals surface area contributed by atoms with E-state index in [9.17, 15) is 0 Å². The Kier molecular flexibility index (Phi) is 4.98. The minimum Gasteiger partial charge on any atom is -0.350 e. The SMILES string of the molecule is CCc1c(C)sc2ncnc(N3C[C@@H]4C[C@H]3CN4)c12.Cl.Cl. The van der Waals surface area contributed by atoms with Crippen molar-refractivity contribution in [2.24, 2.45) is 0 Å². The lowest BCUT2D eigenvalue weighted by Crippen LogP contribution is -2.44. The van der Waals surface area contributed by atoms with E-state index in [1.165, 1.54) is 28.1 Å². The maximum atomic E-state index is 4.62. The molecule has 7 heteroatoms. The van der Waals surface area contributed by atoms with Gasteiger partial charge in [-0.05, 0) is 25.3 Å². The van der Waals surface area contributed by atoms with Crippen molar-refractivity contribution in [2.45, 2.75) is 38.8 Å². The van der Waals surface area contributed by atoms with Crippen LogP contribution in [0.2, 0.25) is 0 Å². The number of hydrogen-bond donors (Lipinski definition) is 1. The second kappa shape index (κ2) is 6.24. The fourth-order valence-corrected chi connectivity index (χ4v) is 4.62. The zero-order chi connectivity index (χ0) is 13.0. The average Bonchev–Trinajstić information content (AvgIpc) is 3.10. The Morgan fingerprint density at radius 3 is 2.81 bits per heavy atom. The largest absolute Gasteiger partial charge is 0.350 e. The summed E-state index contributed by atoms with van der Waals surface area (Å²) in [6.07, 6.45) is 4.05. The first-order valence-electron chi connectivity index (χ1n) is 7.01. The number of aromatic nitrogens is 2. The Morgan fingerprint density at radius 2 is 2.19 bits per heavy atom. The third kappa shape index (κ3) is 2.50. The van der Waals surface area contributed by atoms with Gasteiger partial charge in [-0.25, -0.2) is 9.97 Å². The summed E-state index contributed by atoms with van der Waals surface area (Å²) in [7, 11) is 0. The quantitative estimate of drug-likeness (QED) is 0.907. The van der Waals surface area contributed by atoms with Crippen LogP contribution in [0, 0.1) is 6.92 Å². The predicted molar refractivity (Wildman–Crippen MR) is 93.6 cm³/mol. The first-order valence-corrected chi connectivity index (χ1v) is 7.82. The second-order valence-corrected chi connectivity index (χ2v) is 6.72. The van der Waals surface area contributed by atoms with Gasteiger partial charge in [0.2, 0.25) is 0 Å². The number of halogens is 2. The molecule has 0 amide bonds. The van der Waals surface area contributed by atoms with E-state index in [-0.39, 0.29) is 24.8 Å². The van der Waals surface area contributed by atoms with Crippen molar-refractivity contribution in [3.8, 4) is 0 Å². The van der Waals surface area contributed by atoms with E-state index in [0.29, 0.717) is 12.1 Å². The molecule has 2 aromatic rings. The summed E-state index contributed by atoms with van der Waals surface area (Å²) in [6, 6.07) is 1.27. The molecule has 2 aliphatic rings. The summed E-state index contributed by atoms with van der Waals surface area (Å²) >= 11 is 1.80. The van der Waals surface area contributed by atoms with Gasteiger partial charge >= 0.3 is 0 Å². The number of anilines is 1. The molecule has 4 heterocycles. The molecule has 2 bridgehead atoms. The number of rotatable bonds is 2. The highest BCUT2D eigenvalue weighted by Crippen LogP contribution is 2.38. The van der Waals surface area contributed by atoms with Gasteiger partial charge in [-0.2, -0.15) is 0 Å². The van der Waals surface area contributed by atoms with Crippen LogP contribution in [-0.4, -0.2) is 35.1 Å². The number of piperazine rings is 1. The van der Waals surface area contributed by atoms with E-state index in [1.807, 2.05) is 0 Å². The maximum Gasteiger partial charge on any atom is 0.141 e. The summed E-state index contributed by atoms with van der Waals surface area (Å²) < 4.78 is 0. The summed E-state index contributed by atoms with van der Waals surface area (Å²) in [4.78, 5) is 14.1. The summed E-state index contributed by atoms with van der Waals surface area (Å²) in [5.74, 6) is 1.17. The van der Waals surface area contributed by atoms with Crippen LogP contribution in [0.25, 0.3) is 10.2 Å². The van der Waals surface area contributed by atoms with Crippen LogP contribution in [0.5, 0.6) is 0 Å². The Hall–Kier alpha value is -0.620. The number of nitrogens with zero attached hydrogens (tertiary/aromatic N) is 3. The minimum absolute atomic E-state index is 0. The van der Waals surface area contributed by atoms with Crippen LogP contribution in [0.1, 0.15) is 23.8 Å². The molecule has 2 aliphatic heterocycles. The third-order valence-corrected chi connectivity index (χ3v) is 5.51. The minimum atomic E-state index is 0. The Bertz CT molecular complexity index is 645. The number of thiophene rings is 1. The van der Waals surface area contributed by atoms with Crippen LogP contribution in [0.15, 0.2) is 6.33 Å². The second-order valence-electron chi connectivity index (χ2n) is 5.51. The van der Waals surface area contributed by atoms with E-state index in [2.05, 4.69) is 34.0 Å². The first-order chi connectivity index (χ1) is 9.28. The Morgan fingerprint density at radius 1 is 1.38 bits per heavy atom. The zero-order valence-corrected chi connectivity index (χ0v) is 14.6. The van der Waals surface area contributed by atoms with Gasteiger partial charge in [-0.1, -0.05) is 6.92 Å². The summed E-state index contributed by atoms with van der Waals surface area (Å²) in [5, 5.41) is 4.86. The van der Waals surface area contributed by atoms with Crippen LogP contribution in [-0.2, 0) is 6.42 Å². The van der Waals surface area contributed by atoms with Gasteiger partial charge in [0.25, 0.3) is 0 Å². The highest BCUT2D eigenvalue weighted by atomic mass is 35.5. The lowest BCUT2D eigenvalue weighted by Gasteiger charge is -2.29. The third-order valence-electron chi connectivity index (χ3n) is 4.45. The van der Waals surface area contributed by atoms with Crippen molar-refractivity contribution in [1.82, 2.24) is 15.3 Å². The van der Waals surface area contributed by atoms with Gasteiger partial charge in [0.05, 0.1) is 5.39 Å². The molecule has 2 atom stereocenters. The van der Waals surface area contributed by atoms with Crippen molar-refractivity contribution in [3.05, 3.63) is 16.8 Å². The van der Waals surface area contributed by atoms with Crippen molar-refractivity contribution in [3.63, 3.8) is 0 Å². The van der Waals surface area contributed by atoms with Crippen molar-refractivity contribution < 1.29 is 0 Å². The Labute approximate surface area is 141 Å². The molecule has 2 aromatic heterocycles. The topological polar surface area (TPSA) is 41.1 Å². The first kappa shape index (κ1) is 16.7. The normalized spacial score (nSPS) is 23.2. The van der Waals surface area contributed by atoms with Gasteiger partial charge in [-0.3, -0.25) is 0 Å². The van der Waals surface area contributed by atoms with Crippen molar-refractivity contribution in [2.75, 3.05) is 18.0 Å². The standard InChI is InChI=1S/C14H18N4S.2ClH/c1-3-11-8(2)19-14-12(11)13(16-7-17-14)18-6-9-4-10(18)5-15-9;;/h7,9-10,15H,3-6H2,1-2H3;2*1H/t9-,10-;;/m0../s1. The molecule has 0 spiro atoms. The van der Waals surface area contributed by atoms with Gasteiger partial charge < -0.3 is 10.2 Å². The van der Waals surface area contributed by atoms with Crippen LogP contribution >= 0.6 is 36.2 Å². The molecular weight excluding hydrogens is 327 g/mol. The summed E-state index contributed by atoms with van der Waals surface area (Å²) in [6.45, 7) is 6.62. The molecule has 0 saturated carbocycles. The molecule has 2 fully saturated rings. The zero-order valence-electron chi connectivity index (χ0n) is 12.1. The molecule has 0 radical (unpaired) electrons. The number of aryl methyl sites for hydroxylation is 2. The fourth-order valence-electron chi connectivity index (χ4n) is 3.55. The maximum absolute atomic E-state index is 4.62. The molecule has 0 aliphatic carbocycles. The molecule has 0 aromatic carbocycles. The molecular formula is C14H20Cl2N4S. The molecule has 4 rings (SSSR count). The van der Waals surface area contributed by atoms with E-state index in [4.69, 9.17) is 0 Å². The van der Waals surface area contributed by atoms with Gasteiger partial charge in [0.15, 0.2) is 0 Å². The molecule has 1 N–H and O–H groups in total. The van der Waals surface area contributed by atoms with Crippen LogP contribution in [0.3, 0.4) is 0 Å².